The number of nitrogens with zero attached hydrogens (tertiary/aromatic N) is 3. The highest BCUT2D eigenvalue weighted by atomic mass is 35.5. The Kier molecular flexibility index (Phi) is 8.09. The van der Waals surface area contributed by atoms with Crippen molar-refractivity contribution in [1.82, 2.24) is 4.90 Å². The molecule has 5 rings (SSSR count). The maximum atomic E-state index is 15.6. The molecule has 2 heterocycles. The SMILES string of the molecule is CN(C)C1CCN(c2cc(F)c(-c3ccc(N4CCOCC4)cc3)cc2NC(=O)c2cc(Cl)cc(Cl)c2)C1. The average molecular weight is 557 g/mol. The van der Waals surface area contributed by atoms with Crippen molar-refractivity contribution in [2.24, 2.45) is 0 Å². The van der Waals surface area contributed by atoms with E-state index in [-0.39, 0.29) is 11.7 Å². The summed E-state index contributed by atoms with van der Waals surface area (Å²) in [6.07, 6.45) is 0.955. The molecule has 6 nitrogen and oxygen atoms in total. The molecular formula is C29H31Cl2FN4O2. The summed E-state index contributed by atoms with van der Waals surface area (Å²) in [5.74, 6) is -0.699. The van der Waals surface area contributed by atoms with Crippen LogP contribution in [0.5, 0.6) is 0 Å². The number of carbonyl (C=O) groups is 1. The second kappa shape index (κ2) is 11.5. The minimum absolute atomic E-state index is 0.335. The monoisotopic (exact) mass is 556 g/mol. The van der Waals surface area contributed by atoms with Gasteiger partial charge in [0.05, 0.1) is 24.6 Å². The van der Waals surface area contributed by atoms with Crippen molar-refractivity contribution >= 4 is 46.2 Å². The maximum absolute atomic E-state index is 15.6. The molecule has 0 aliphatic carbocycles. The van der Waals surface area contributed by atoms with Gasteiger partial charge < -0.3 is 24.8 Å². The normalized spacial score (nSPS) is 17.8. The van der Waals surface area contributed by atoms with Gasteiger partial charge in [-0.25, -0.2) is 4.39 Å². The molecule has 200 valence electrons. The number of anilines is 3. The van der Waals surface area contributed by atoms with E-state index in [0.29, 0.717) is 51.8 Å². The molecule has 1 unspecified atom stereocenters. The Balaban J connectivity index is 1.49. The number of likely N-dealkylation sites (N-methyl/N-ethyl adjacent to an activating group) is 1. The van der Waals surface area contributed by atoms with Gasteiger partial charge in [-0.15, -0.1) is 0 Å². The fraction of sp³-hybridized carbons (Fsp3) is 0.345. The number of morpholine rings is 1. The number of hydrogen-bond acceptors (Lipinski definition) is 5. The number of ether oxygens (including phenoxy) is 1. The second-order valence-electron chi connectivity index (χ2n) is 9.96. The Labute approximate surface area is 232 Å². The van der Waals surface area contributed by atoms with Crippen LogP contribution in [0.3, 0.4) is 0 Å². The Morgan fingerprint density at radius 3 is 2.29 bits per heavy atom. The van der Waals surface area contributed by atoms with Gasteiger partial charge in [-0.1, -0.05) is 35.3 Å². The maximum Gasteiger partial charge on any atom is 0.255 e. The van der Waals surface area contributed by atoms with Crippen LogP contribution in [0.4, 0.5) is 21.5 Å². The first-order valence-corrected chi connectivity index (χ1v) is 13.5. The highest BCUT2D eigenvalue weighted by molar-refractivity contribution is 6.35. The topological polar surface area (TPSA) is 48.1 Å². The predicted molar refractivity (Wildman–Crippen MR) is 154 cm³/mol. The summed E-state index contributed by atoms with van der Waals surface area (Å²) in [7, 11) is 4.09. The van der Waals surface area contributed by atoms with Crippen molar-refractivity contribution in [1.29, 1.82) is 0 Å². The van der Waals surface area contributed by atoms with E-state index < -0.39 is 0 Å². The van der Waals surface area contributed by atoms with E-state index in [9.17, 15) is 4.79 Å². The third kappa shape index (κ3) is 5.91. The smallest absolute Gasteiger partial charge is 0.255 e. The molecule has 9 heteroatoms. The van der Waals surface area contributed by atoms with Gasteiger partial charge in [0.1, 0.15) is 5.82 Å². The van der Waals surface area contributed by atoms with E-state index in [1.165, 1.54) is 6.07 Å². The minimum Gasteiger partial charge on any atom is -0.378 e. The summed E-state index contributed by atoms with van der Waals surface area (Å²) in [5.41, 5.74) is 3.76. The molecule has 2 saturated heterocycles. The molecule has 1 atom stereocenters. The van der Waals surface area contributed by atoms with Gasteiger partial charge >= 0.3 is 0 Å². The molecule has 0 radical (unpaired) electrons. The number of amides is 1. The van der Waals surface area contributed by atoms with Gasteiger partial charge in [0, 0.05) is 59.1 Å². The van der Waals surface area contributed by atoms with Gasteiger partial charge in [-0.05, 0) is 68.5 Å². The first-order valence-electron chi connectivity index (χ1n) is 12.7. The van der Waals surface area contributed by atoms with Crippen molar-refractivity contribution in [2.75, 3.05) is 68.6 Å². The number of halogens is 3. The first-order chi connectivity index (χ1) is 18.3. The molecule has 38 heavy (non-hydrogen) atoms. The lowest BCUT2D eigenvalue weighted by atomic mass is 10.0. The zero-order chi connectivity index (χ0) is 26.8. The summed E-state index contributed by atoms with van der Waals surface area (Å²) in [5, 5.41) is 3.75. The van der Waals surface area contributed by atoms with Crippen LogP contribution in [0, 0.1) is 5.82 Å². The molecule has 0 spiro atoms. The van der Waals surface area contributed by atoms with E-state index in [0.717, 1.165) is 43.9 Å². The van der Waals surface area contributed by atoms with Crippen LogP contribution in [0.1, 0.15) is 16.8 Å². The zero-order valence-electron chi connectivity index (χ0n) is 21.5. The molecule has 1 amide bonds. The third-order valence-corrected chi connectivity index (χ3v) is 7.68. The lowest BCUT2D eigenvalue weighted by molar-refractivity contribution is 0.102. The number of rotatable bonds is 6. The molecule has 0 bridgehead atoms. The van der Waals surface area contributed by atoms with Crippen LogP contribution in [0.25, 0.3) is 11.1 Å². The molecule has 0 saturated carbocycles. The molecule has 2 aliphatic heterocycles. The molecule has 0 aromatic heterocycles. The highest BCUT2D eigenvalue weighted by Crippen LogP contribution is 2.37. The predicted octanol–water partition coefficient (Wildman–Crippen LogP) is 6.03. The molecule has 3 aromatic rings. The largest absolute Gasteiger partial charge is 0.378 e. The van der Waals surface area contributed by atoms with Crippen molar-refractivity contribution in [3.05, 3.63) is 76.0 Å². The van der Waals surface area contributed by atoms with Gasteiger partial charge in [-0.3, -0.25) is 4.79 Å². The Bertz CT molecular complexity index is 1290. The summed E-state index contributed by atoms with van der Waals surface area (Å²) < 4.78 is 21.1. The Hall–Kier alpha value is -2.84. The molecule has 1 N–H and O–H groups in total. The van der Waals surface area contributed by atoms with Crippen LogP contribution in [-0.4, -0.2) is 70.3 Å². The standard InChI is InChI=1S/C29H31Cl2FN4O2/c1-34(2)24-7-8-36(18-24)28-17-26(32)25(19-3-5-23(6-4-19)35-9-11-38-12-10-35)16-27(28)33-29(37)20-13-21(30)15-22(31)14-20/h3-6,13-17,24H,7-12,18H2,1-2H3,(H,33,37). The summed E-state index contributed by atoms with van der Waals surface area (Å²) in [4.78, 5) is 19.8. The third-order valence-electron chi connectivity index (χ3n) is 7.25. The molecule has 2 fully saturated rings. The minimum atomic E-state index is -0.362. The average Bonchev–Trinajstić information content (AvgIpc) is 3.40. The number of carbonyl (C=O) groups excluding carboxylic acids is 1. The Morgan fingerprint density at radius 1 is 0.974 bits per heavy atom. The second-order valence-corrected chi connectivity index (χ2v) is 10.8. The molecule has 3 aromatic carbocycles. The fourth-order valence-corrected chi connectivity index (χ4v) is 5.61. The Morgan fingerprint density at radius 2 is 1.66 bits per heavy atom. The van der Waals surface area contributed by atoms with E-state index in [1.807, 2.05) is 38.4 Å². The summed E-state index contributed by atoms with van der Waals surface area (Å²) >= 11 is 12.3. The van der Waals surface area contributed by atoms with Crippen molar-refractivity contribution < 1.29 is 13.9 Å². The number of hydrogen-bond donors (Lipinski definition) is 1. The van der Waals surface area contributed by atoms with Crippen LogP contribution >= 0.6 is 23.2 Å². The van der Waals surface area contributed by atoms with E-state index in [4.69, 9.17) is 27.9 Å². The van der Waals surface area contributed by atoms with Gasteiger partial charge in [-0.2, -0.15) is 0 Å². The van der Waals surface area contributed by atoms with Crippen LogP contribution < -0.4 is 15.1 Å². The first kappa shape index (κ1) is 26.8. The van der Waals surface area contributed by atoms with Crippen molar-refractivity contribution in [3.63, 3.8) is 0 Å². The van der Waals surface area contributed by atoms with E-state index >= 15 is 4.39 Å². The van der Waals surface area contributed by atoms with Crippen molar-refractivity contribution in [2.45, 2.75) is 12.5 Å². The number of benzene rings is 3. The van der Waals surface area contributed by atoms with E-state index in [1.54, 1.807) is 24.3 Å². The lowest BCUT2D eigenvalue weighted by Crippen LogP contribution is -2.36. The lowest BCUT2D eigenvalue weighted by Gasteiger charge is -2.29. The number of nitrogens with one attached hydrogen (secondary N) is 1. The van der Waals surface area contributed by atoms with Gasteiger partial charge in [0.2, 0.25) is 0 Å². The van der Waals surface area contributed by atoms with E-state index in [2.05, 4.69) is 20.0 Å². The highest BCUT2D eigenvalue weighted by Gasteiger charge is 2.27. The molecule has 2 aliphatic rings. The van der Waals surface area contributed by atoms with Crippen LogP contribution in [0.15, 0.2) is 54.6 Å². The van der Waals surface area contributed by atoms with Gasteiger partial charge in [0.25, 0.3) is 5.91 Å². The van der Waals surface area contributed by atoms with Crippen LogP contribution in [-0.2, 0) is 4.74 Å². The zero-order valence-corrected chi connectivity index (χ0v) is 23.0. The van der Waals surface area contributed by atoms with Gasteiger partial charge in [0.15, 0.2) is 0 Å². The van der Waals surface area contributed by atoms with Crippen molar-refractivity contribution in [3.8, 4) is 11.1 Å². The quantitative estimate of drug-likeness (QED) is 0.401. The summed E-state index contributed by atoms with van der Waals surface area (Å²) in [6.45, 7) is 4.56. The van der Waals surface area contributed by atoms with Crippen LogP contribution in [0.2, 0.25) is 10.0 Å². The summed E-state index contributed by atoms with van der Waals surface area (Å²) in [6, 6.07) is 16.2. The fourth-order valence-electron chi connectivity index (χ4n) is 5.08. The molecular weight excluding hydrogens is 526 g/mol.